The van der Waals surface area contributed by atoms with Gasteiger partial charge in [-0.05, 0) is 188 Å². The van der Waals surface area contributed by atoms with Crippen molar-refractivity contribution in [2.45, 2.75) is 113 Å². The van der Waals surface area contributed by atoms with Crippen LogP contribution in [-0.4, -0.2) is 0 Å². The fourth-order valence-corrected chi connectivity index (χ4v) is 14.3. The summed E-state index contributed by atoms with van der Waals surface area (Å²) >= 11 is 0. The molecule has 8 saturated carbocycles. The molecule has 0 amide bonds. The second-order valence-electron chi connectivity index (χ2n) is 17.3. The highest BCUT2D eigenvalue weighted by molar-refractivity contribution is 5.81. The number of rotatable bonds is 3. The van der Waals surface area contributed by atoms with Crippen LogP contribution in [0.5, 0.6) is 0 Å². The molecule has 11 aliphatic rings. The van der Waals surface area contributed by atoms with Crippen molar-refractivity contribution in [2.24, 2.45) is 41.4 Å². The summed E-state index contributed by atoms with van der Waals surface area (Å²) in [7, 11) is 0. The van der Waals surface area contributed by atoms with E-state index in [1.807, 2.05) is 0 Å². The molecule has 0 heteroatoms. The molecular weight excluding hydrogens is 492 g/mol. The molecule has 2 aromatic rings. The first-order valence-electron chi connectivity index (χ1n) is 17.8. The van der Waals surface area contributed by atoms with Crippen molar-refractivity contribution in [3.05, 3.63) is 82.0 Å². The summed E-state index contributed by atoms with van der Waals surface area (Å²) in [6.45, 7) is 0. The van der Waals surface area contributed by atoms with Gasteiger partial charge in [0.2, 0.25) is 0 Å². The Morgan fingerprint density at radius 3 is 1.49 bits per heavy atom. The zero-order valence-electron chi connectivity index (χ0n) is 24.8. The van der Waals surface area contributed by atoms with E-state index in [0.29, 0.717) is 22.7 Å². The summed E-state index contributed by atoms with van der Waals surface area (Å²) in [4.78, 5) is 0. The van der Waals surface area contributed by atoms with Crippen LogP contribution in [0.25, 0.3) is 11.1 Å². The third kappa shape index (κ3) is 3.14. The lowest BCUT2D eigenvalue weighted by molar-refractivity contribution is -0.00534. The van der Waals surface area contributed by atoms with Gasteiger partial charge >= 0.3 is 0 Å². The molecule has 0 aromatic heterocycles. The van der Waals surface area contributed by atoms with Gasteiger partial charge in [0.1, 0.15) is 0 Å². The van der Waals surface area contributed by atoms with Gasteiger partial charge in [0.15, 0.2) is 0 Å². The van der Waals surface area contributed by atoms with Crippen molar-refractivity contribution in [1.82, 2.24) is 0 Å². The Bertz CT molecular complexity index is 1380. The van der Waals surface area contributed by atoms with Crippen molar-refractivity contribution in [3.63, 3.8) is 0 Å². The lowest BCUT2D eigenvalue weighted by atomic mass is 9.48. The molecule has 13 rings (SSSR count). The Labute approximate surface area is 247 Å². The molecule has 8 bridgehead atoms. The van der Waals surface area contributed by atoms with Gasteiger partial charge in [-0.15, -0.1) is 0 Å². The second kappa shape index (κ2) is 7.89. The van der Waals surface area contributed by atoms with Gasteiger partial charge in [-0.3, -0.25) is 0 Å². The number of hydrogen-bond donors (Lipinski definition) is 0. The first kappa shape index (κ1) is 23.4. The van der Waals surface area contributed by atoms with E-state index in [4.69, 9.17) is 0 Å². The van der Waals surface area contributed by atoms with Crippen LogP contribution in [0.4, 0.5) is 0 Å². The molecule has 1 unspecified atom stereocenters. The summed E-state index contributed by atoms with van der Waals surface area (Å²) in [5.74, 6) is 7.30. The normalized spacial score (nSPS) is 45.6. The Hall–Kier alpha value is -2.08. The Morgan fingerprint density at radius 1 is 0.561 bits per heavy atom. The largest absolute Gasteiger partial charge is 0.0802 e. The topological polar surface area (TPSA) is 0 Å². The van der Waals surface area contributed by atoms with Crippen LogP contribution in [0, 0.1) is 41.4 Å². The Balaban J connectivity index is 1.06. The molecule has 41 heavy (non-hydrogen) atoms. The van der Waals surface area contributed by atoms with E-state index in [1.165, 1.54) is 96.3 Å². The van der Waals surface area contributed by atoms with Crippen molar-refractivity contribution in [3.8, 4) is 11.1 Å². The first-order valence-corrected chi connectivity index (χ1v) is 17.8. The van der Waals surface area contributed by atoms with E-state index in [2.05, 4.69) is 48.6 Å². The molecular formula is C41H46. The third-order valence-electron chi connectivity index (χ3n) is 15.0. The first-order chi connectivity index (χ1) is 20.1. The average molecular weight is 539 g/mol. The number of fused-ring (bicyclic) bond motifs is 3. The van der Waals surface area contributed by atoms with Crippen molar-refractivity contribution >= 4 is 0 Å². The van der Waals surface area contributed by atoms with Crippen LogP contribution in [0.15, 0.2) is 59.7 Å². The van der Waals surface area contributed by atoms with E-state index in [9.17, 15) is 0 Å². The fraction of sp³-hybridized carbons (Fsp3) is 0.610. The number of allylic oxidation sites excluding steroid dienone is 4. The minimum Gasteiger partial charge on any atom is -0.0802 e. The molecule has 2 aromatic carbocycles. The van der Waals surface area contributed by atoms with E-state index < -0.39 is 0 Å². The second-order valence-corrected chi connectivity index (χ2v) is 17.3. The molecule has 210 valence electrons. The third-order valence-corrected chi connectivity index (χ3v) is 15.0. The maximum absolute atomic E-state index is 2.79. The van der Waals surface area contributed by atoms with Crippen molar-refractivity contribution < 1.29 is 0 Å². The Morgan fingerprint density at radius 2 is 1.02 bits per heavy atom. The molecule has 0 radical (unpaired) electrons. The molecule has 0 saturated heterocycles. The predicted molar refractivity (Wildman–Crippen MR) is 167 cm³/mol. The zero-order valence-corrected chi connectivity index (χ0v) is 24.8. The highest BCUT2D eigenvalue weighted by Crippen LogP contribution is 2.64. The van der Waals surface area contributed by atoms with E-state index in [0.717, 1.165) is 35.5 Å². The van der Waals surface area contributed by atoms with E-state index >= 15 is 0 Å². The average Bonchev–Trinajstić information content (AvgIpc) is 3.65. The molecule has 0 aliphatic heterocycles. The quantitative estimate of drug-likeness (QED) is 0.365. The highest BCUT2D eigenvalue weighted by atomic mass is 14.6. The van der Waals surface area contributed by atoms with Crippen molar-refractivity contribution in [1.29, 1.82) is 0 Å². The van der Waals surface area contributed by atoms with Gasteiger partial charge in [-0.2, -0.15) is 0 Å². The molecule has 0 spiro atoms. The fourth-order valence-electron chi connectivity index (χ4n) is 14.3. The standard InChI is InChI=1S/C41H46/c1-2-30-4-7-34(33(30)3-1)39-35-8-5-31(40-18-24-10-25(19-40)12-26(11-24)20-40)16-37(35)38-17-32(6-9-36(38)39)41-21-27-13-28(22-41)15-29(14-27)23-41/h1,3,5-6,8-9,16-17,24-29,34,39H,2,4,7,10-15,18-23H2. The van der Waals surface area contributed by atoms with Crippen LogP contribution >= 0.6 is 0 Å². The summed E-state index contributed by atoms with van der Waals surface area (Å²) < 4.78 is 0. The van der Waals surface area contributed by atoms with Crippen LogP contribution in [0.1, 0.15) is 124 Å². The van der Waals surface area contributed by atoms with Gasteiger partial charge in [-0.25, -0.2) is 0 Å². The van der Waals surface area contributed by atoms with Gasteiger partial charge in [0.05, 0.1) is 0 Å². The molecule has 8 fully saturated rings. The SMILES string of the molecule is C1=CC2=C(C1)CCC2C1c2ccc(C34CC5CC(CC(C5)C3)C4)cc2-c2cc(C34CC5CC(CC(C5)C3)C4)ccc21. The molecule has 11 aliphatic carbocycles. The van der Waals surface area contributed by atoms with Gasteiger partial charge in [0.25, 0.3) is 0 Å². The smallest absolute Gasteiger partial charge is 0.0170 e. The van der Waals surface area contributed by atoms with Crippen LogP contribution < -0.4 is 0 Å². The molecule has 0 nitrogen and oxygen atoms in total. The summed E-state index contributed by atoms with van der Waals surface area (Å²) in [6.07, 6.45) is 26.9. The molecule has 1 atom stereocenters. The van der Waals surface area contributed by atoms with Crippen molar-refractivity contribution in [2.75, 3.05) is 0 Å². The summed E-state index contributed by atoms with van der Waals surface area (Å²) in [6, 6.07) is 16.2. The summed E-state index contributed by atoms with van der Waals surface area (Å²) in [5.41, 5.74) is 14.5. The van der Waals surface area contributed by atoms with Crippen LogP contribution in [-0.2, 0) is 10.8 Å². The van der Waals surface area contributed by atoms with Gasteiger partial charge in [0, 0.05) is 5.92 Å². The summed E-state index contributed by atoms with van der Waals surface area (Å²) in [5, 5.41) is 0. The molecule has 0 N–H and O–H groups in total. The van der Waals surface area contributed by atoms with Crippen LogP contribution in [0.3, 0.4) is 0 Å². The highest BCUT2D eigenvalue weighted by Gasteiger charge is 2.53. The Kier molecular flexibility index (Phi) is 4.50. The number of benzene rings is 2. The van der Waals surface area contributed by atoms with Gasteiger partial charge in [-0.1, -0.05) is 54.1 Å². The lowest BCUT2D eigenvalue weighted by Crippen LogP contribution is -2.48. The maximum Gasteiger partial charge on any atom is 0.0170 e. The maximum atomic E-state index is 2.79. The predicted octanol–water partition coefficient (Wildman–Crippen LogP) is 10.4. The van der Waals surface area contributed by atoms with E-state index in [1.54, 1.807) is 44.5 Å². The monoisotopic (exact) mass is 538 g/mol. The van der Waals surface area contributed by atoms with Gasteiger partial charge < -0.3 is 0 Å². The van der Waals surface area contributed by atoms with E-state index in [-0.39, 0.29) is 0 Å². The lowest BCUT2D eigenvalue weighted by Gasteiger charge is -2.57. The molecule has 0 heterocycles. The zero-order chi connectivity index (χ0) is 26.5. The minimum absolute atomic E-state index is 0.483. The minimum atomic E-state index is 0.483. The van der Waals surface area contributed by atoms with Crippen LogP contribution in [0.2, 0.25) is 0 Å². The number of hydrogen-bond acceptors (Lipinski definition) is 0.